The highest BCUT2D eigenvalue weighted by Gasteiger charge is 2.28. The summed E-state index contributed by atoms with van der Waals surface area (Å²) < 4.78 is 4.48. The molecule has 88 valence electrons. The minimum absolute atomic E-state index is 0.0106. The maximum atomic E-state index is 11.7. The van der Waals surface area contributed by atoms with E-state index in [0.29, 0.717) is 6.54 Å². The first-order valence-electron chi connectivity index (χ1n) is 5.35. The molecule has 4 nitrogen and oxygen atoms in total. The Labute approximate surface area is 91.4 Å². The molecule has 15 heavy (non-hydrogen) atoms. The van der Waals surface area contributed by atoms with Gasteiger partial charge in [-0.25, -0.2) is 0 Å². The first-order chi connectivity index (χ1) is 7.00. The van der Waals surface area contributed by atoms with Crippen molar-refractivity contribution in [3.05, 3.63) is 0 Å². The number of carbonyl (C=O) groups excluding carboxylic acids is 2. The number of ether oxygens (including phenoxy) is 1. The zero-order chi connectivity index (χ0) is 11.9. The molecule has 0 rings (SSSR count). The summed E-state index contributed by atoms with van der Waals surface area (Å²) in [5.41, 5.74) is -0.323. The van der Waals surface area contributed by atoms with Crippen molar-refractivity contribution in [2.45, 2.75) is 40.0 Å². The monoisotopic (exact) mass is 215 g/mol. The van der Waals surface area contributed by atoms with Crippen molar-refractivity contribution >= 4 is 11.9 Å². The fraction of sp³-hybridized carbons (Fsp3) is 0.818. The van der Waals surface area contributed by atoms with Crippen LogP contribution in [0.5, 0.6) is 0 Å². The Balaban J connectivity index is 3.98. The molecule has 0 bridgehead atoms. The molecule has 0 aliphatic heterocycles. The largest absolute Gasteiger partial charge is 0.469 e. The summed E-state index contributed by atoms with van der Waals surface area (Å²) in [6, 6.07) is 0. The lowest BCUT2D eigenvalue weighted by atomic mass is 9.84. The Morgan fingerprint density at radius 3 is 2.20 bits per heavy atom. The van der Waals surface area contributed by atoms with Crippen molar-refractivity contribution in [2.75, 3.05) is 13.7 Å². The summed E-state index contributed by atoms with van der Waals surface area (Å²) in [7, 11) is 1.34. The van der Waals surface area contributed by atoms with Gasteiger partial charge in [-0.1, -0.05) is 20.8 Å². The van der Waals surface area contributed by atoms with Crippen LogP contribution >= 0.6 is 0 Å². The van der Waals surface area contributed by atoms with Gasteiger partial charge in [0, 0.05) is 12.0 Å². The number of esters is 1. The number of rotatable bonds is 6. The molecule has 0 fully saturated rings. The SMILES string of the molecule is CCC(C)(CC)C(=O)NCCC(=O)OC. The second-order valence-electron chi connectivity index (χ2n) is 3.85. The zero-order valence-electron chi connectivity index (χ0n) is 10.1. The summed E-state index contributed by atoms with van der Waals surface area (Å²) >= 11 is 0. The average molecular weight is 215 g/mol. The van der Waals surface area contributed by atoms with Crippen molar-refractivity contribution in [3.8, 4) is 0 Å². The maximum Gasteiger partial charge on any atom is 0.307 e. The molecule has 0 saturated carbocycles. The van der Waals surface area contributed by atoms with Gasteiger partial charge < -0.3 is 10.1 Å². The Hall–Kier alpha value is -1.06. The van der Waals surface area contributed by atoms with Crippen LogP contribution in [-0.4, -0.2) is 25.5 Å². The molecule has 0 aromatic rings. The number of amides is 1. The first kappa shape index (κ1) is 13.9. The number of nitrogens with one attached hydrogen (secondary N) is 1. The standard InChI is InChI=1S/C11H21NO3/c1-5-11(3,6-2)10(14)12-8-7-9(13)15-4/h5-8H2,1-4H3,(H,12,14). The second-order valence-corrected chi connectivity index (χ2v) is 3.85. The van der Waals surface area contributed by atoms with Gasteiger partial charge in [0.2, 0.25) is 5.91 Å². The van der Waals surface area contributed by atoms with E-state index >= 15 is 0 Å². The molecule has 4 heteroatoms. The van der Waals surface area contributed by atoms with Gasteiger partial charge in [0.25, 0.3) is 0 Å². The molecule has 0 spiro atoms. The van der Waals surface area contributed by atoms with Gasteiger partial charge in [-0.3, -0.25) is 9.59 Å². The Bertz CT molecular complexity index is 222. The zero-order valence-corrected chi connectivity index (χ0v) is 10.1. The molecule has 0 aliphatic rings. The summed E-state index contributed by atoms with van der Waals surface area (Å²) in [5, 5.41) is 2.75. The molecule has 0 radical (unpaired) electrons. The van der Waals surface area contributed by atoms with Crippen molar-refractivity contribution in [2.24, 2.45) is 5.41 Å². The lowest BCUT2D eigenvalue weighted by molar-refractivity contribution is -0.140. The lowest BCUT2D eigenvalue weighted by Crippen LogP contribution is -2.39. The van der Waals surface area contributed by atoms with E-state index < -0.39 is 0 Å². The van der Waals surface area contributed by atoms with Crippen molar-refractivity contribution in [1.29, 1.82) is 0 Å². The normalized spacial score (nSPS) is 10.9. The van der Waals surface area contributed by atoms with Crippen LogP contribution in [0.3, 0.4) is 0 Å². The molecular weight excluding hydrogens is 194 g/mol. The van der Waals surface area contributed by atoms with Crippen LogP contribution in [0.1, 0.15) is 40.0 Å². The first-order valence-corrected chi connectivity index (χ1v) is 5.35. The minimum Gasteiger partial charge on any atom is -0.469 e. The number of carbonyl (C=O) groups is 2. The van der Waals surface area contributed by atoms with Crippen molar-refractivity contribution < 1.29 is 14.3 Å². The van der Waals surface area contributed by atoms with E-state index in [4.69, 9.17) is 0 Å². The summed E-state index contributed by atoms with van der Waals surface area (Å²) in [5.74, 6) is -0.290. The number of hydrogen-bond acceptors (Lipinski definition) is 3. The van der Waals surface area contributed by atoms with Crippen molar-refractivity contribution in [3.63, 3.8) is 0 Å². The summed E-state index contributed by atoms with van der Waals surface area (Å²) in [6.45, 7) is 6.26. The fourth-order valence-corrected chi connectivity index (χ4v) is 1.16. The number of methoxy groups -OCH3 is 1. The second kappa shape index (κ2) is 6.43. The highest BCUT2D eigenvalue weighted by Crippen LogP contribution is 2.25. The van der Waals surface area contributed by atoms with Crippen LogP contribution in [0.15, 0.2) is 0 Å². The summed E-state index contributed by atoms with van der Waals surface area (Å²) in [4.78, 5) is 22.5. The molecule has 0 heterocycles. The molecule has 0 unspecified atom stereocenters. The maximum absolute atomic E-state index is 11.7. The quantitative estimate of drug-likeness (QED) is 0.683. The Kier molecular flexibility index (Phi) is 5.97. The molecule has 0 aliphatic carbocycles. The molecule has 1 N–H and O–H groups in total. The average Bonchev–Trinajstić information content (AvgIpc) is 2.27. The van der Waals surface area contributed by atoms with Crippen LogP contribution in [0.2, 0.25) is 0 Å². The van der Waals surface area contributed by atoms with Crippen LogP contribution in [-0.2, 0) is 14.3 Å². The van der Waals surface area contributed by atoms with Gasteiger partial charge in [-0.2, -0.15) is 0 Å². The van der Waals surface area contributed by atoms with E-state index in [1.165, 1.54) is 7.11 Å². The van der Waals surface area contributed by atoms with Gasteiger partial charge in [0.1, 0.15) is 0 Å². The third-order valence-corrected chi connectivity index (χ3v) is 2.95. The van der Waals surface area contributed by atoms with Gasteiger partial charge in [0.05, 0.1) is 13.5 Å². The van der Waals surface area contributed by atoms with Crippen LogP contribution in [0, 0.1) is 5.41 Å². The van der Waals surface area contributed by atoms with Gasteiger partial charge in [-0.05, 0) is 12.8 Å². The molecule has 0 aromatic heterocycles. The van der Waals surface area contributed by atoms with Gasteiger partial charge in [0.15, 0.2) is 0 Å². The molecule has 1 amide bonds. The van der Waals surface area contributed by atoms with Crippen LogP contribution < -0.4 is 5.32 Å². The molecule has 0 atom stereocenters. The van der Waals surface area contributed by atoms with E-state index in [1.807, 2.05) is 20.8 Å². The van der Waals surface area contributed by atoms with E-state index in [0.717, 1.165) is 12.8 Å². The molecule has 0 saturated heterocycles. The lowest BCUT2D eigenvalue weighted by Gasteiger charge is -2.25. The highest BCUT2D eigenvalue weighted by molar-refractivity contribution is 5.82. The van der Waals surface area contributed by atoms with Gasteiger partial charge >= 0.3 is 5.97 Å². The number of hydrogen-bond donors (Lipinski definition) is 1. The van der Waals surface area contributed by atoms with Gasteiger partial charge in [-0.15, -0.1) is 0 Å². The molecular formula is C11H21NO3. The summed E-state index contributed by atoms with van der Waals surface area (Å²) in [6.07, 6.45) is 1.83. The van der Waals surface area contributed by atoms with Crippen LogP contribution in [0.4, 0.5) is 0 Å². The van der Waals surface area contributed by atoms with E-state index in [9.17, 15) is 9.59 Å². The third-order valence-electron chi connectivity index (χ3n) is 2.95. The minimum atomic E-state index is -0.323. The van der Waals surface area contributed by atoms with E-state index in [2.05, 4.69) is 10.1 Å². The predicted molar refractivity (Wildman–Crippen MR) is 58.3 cm³/mol. The highest BCUT2D eigenvalue weighted by atomic mass is 16.5. The third kappa shape index (κ3) is 4.32. The fourth-order valence-electron chi connectivity index (χ4n) is 1.16. The Morgan fingerprint density at radius 2 is 1.80 bits per heavy atom. The van der Waals surface area contributed by atoms with Crippen LogP contribution in [0.25, 0.3) is 0 Å². The van der Waals surface area contributed by atoms with Crippen molar-refractivity contribution in [1.82, 2.24) is 5.32 Å². The topological polar surface area (TPSA) is 55.4 Å². The predicted octanol–water partition coefficient (Wildman–Crippen LogP) is 1.49. The van der Waals surface area contributed by atoms with E-state index in [1.54, 1.807) is 0 Å². The molecule has 0 aromatic carbocycles. The Morgan fingerprint density at radius 1 is 1.27 bits per heavy atom. The van der Waals surface area contributed by atoms with E-state index in [-0.39, 0.29) is 23.7 Å². The smallest absolute Gasteiger partial charge is 0.307 e.